The highest BCUT2D eigenvalue weighted by atomic mass is 79.9. The van der Waals surface area contributed by atoms with E-state index in [1.54, 1.807) is 12.4 Å². The number of carbonyl (C=O) groups excluding carboxylic acids is 1. The summed E-state index contributed by atoms with van der Waals surface area (Å²) in [5.74, 6) is -0.119. The third-order valence-electron chi connectivity index (χ3n) is 3.38. The SMILES string of the molecule is C[C@H](NC(=O)c1cc2cc(Br)ccc2[nH]1)c1ccncc1. The maximum atomic E-state index is 12.3. The minimum atomic E-state index is -0.119. The Morgan fingerprint density at radius 2 is 2.00 bits per heavy atom. The van der Waals surface area contributed by atoms with Crippen molar-refractivity contribution in [2.24, 2.45) is 0 Å². The monoisotopic (exact) mass is 343 g/mol. The molecule has 0 unspecified atom stereocenters. The summed E-state index contributed by atoms with van der Waals surface area (Å²) >= 11 is 3.43. The molecule has 0 bridgehead atoms. The third-order valence-corrected chi connectivity index (χ3v) is 3.87. The summed E-state index contributed by atoms with van der Waals surface area (Å²) in [6.45, 7) is 1.95. The van der Waals surface area contributed by atoms with Gasteiger partial charge in [0.2, 0.25) is 0 Å². The van der Waals surface area contributed by atoms with Gasteiger partial charge in [-0.2, -0.15) is 0 Å². The topological polar surface area (TPSA) is 57.8 Å². The van der Waals surface area contributed by atoms with Crippen LogP contribution in [0.5, 0.6) is 0 Å². The van der Waals surface area contributed by atoms with Crippen LogP contribution in [0.15, 0.2) is 53.3 Å². The number of aromatic nitrogens is 2. The second kappa shape index (κ2) is 5.69. The maximum Gasteiger partial charge on any atom is 0.268 e. The van der Waals surface area contributed by atoms with Crippen LogP contribution in [0.1, 0.15) is 29.0 Å². The molecule has 1 atom stereocenters. The zero-order valence-corrected chi connectivity index (χ0v) is 13.0. The Hall–Kier alpha value is -2.14. The van der Waals surface area contributed by atoms with Crippen LogP contribution in [-0.2, 0) is 0 Å². The normalized spacial score (nSPS) is 12.3. The summed E-state index contributed by atoms with van der Waals surface area (Å²) < 4.78 is 0.992. The molecule has 1 aromatic carbocycles. The van der Waals surface area contributed by atoms with Gasteiger partial charge in [-0.05, 0) is 48.9 Å². The number of halogens is 1. The fraction of sp³-hybridized carbons (Fsp3) is 0.125. The van der Waals surface area contributed by atoms with Crippen LogP contribution in [0.2, 0.25) is 0 Å². The molecule has 4 nitrogen and oxygen atoms in total. The van der Waals surface area contributed by atoms with Gasteiger partial charge in [-0.25, -0.2) is 0 Å². The van der Waals surface area contributed by atoms with E-state index in [1.807, 2.05) is 43.3 Å². The quantitative estimate of drug-likeness (QED) is 0.759. The lowest BCUT2D eigenvalue weighted by Crippen LogP contribution is -2.26. The molecule has 0 radical (unpaired) electrons. The van der Waals surface area contributed by atoms with Crippen molar-refractivity contribution in [2.75, 3.05) is 0 Å². The number of hydrogen-bond donors (Lipinski definition) is 2. The number of nitrogens with zero attached hydrogens (tertiary/aromatic N) is 1. The van der Waals surface area contributed by atoms with E-state index >= 15 is 0 Å². The second-order valence-electron chi connectivity index (χ2n) is 4.89. The first-order chi connectivity index (χ1) is 10.1. The number of hydrogen-bond acceptors (Lipinski definition) is 2. The number of amides is 1. The molecule has 0 saturated heterocycles. The standard InChI is InChI=1S/C16H14BrN3O/c1-10(11-4-6-18-7-5-11)19-16(21)15-9-12-8-13(17)2-3-14(12)20-15/h2-10,20H,1H3,(H,19,21)/t10-/m0/s1. The Morgan fingerprint density at radius 1 is 1.24 bits per heavy atom. The number of nitrogens with one attached hydrogen (secondary N) is 2. The molecule has 2 heterocycles. The number of fused-ring (bicyclic) bond motifs is 1. The lowest BCUT2D eigenvalue weighted by Gasteiger charge is -2.13. The molecule has 5 heteroatoms. The maximum absolute atomic E-state index is 12.3. The molecule has 0 saturated carbocycles. The van der Waals surface area contributed by atoms with Gasteiger partial charge in [0.25, 0.3) is 5.91 Å². The smallest absolute Gasteiger partial charge is 0.268 e. The summed E-state index contributed by atoms with van der Waals surface area (Å²) in [6.07, 6.45) is 3.44. The van der Waals surface area contributed by atoms with Gasteiger partial charge in [0.15, 0.2) is 0 Å². The van der Waals surface area contributed by atoms with E-state index in [1.165, 1.54) is 0 Å². The van der Waals surface area contributed by atoms with Gasteiger partial charge in [0.1, 0.15) is 5.69 Å². The Morgan fingerprint density at radius 3 is 2.76 bits per heavy atom. The van der Waals surface area contributed by atoms with Crippen LogP contribution in [0.3, 0.4) is 0 Å². The van der Waals surface area contributed by atoms with E-state index in [2.05, 4.69) is 31.2 Å². The van der Waals surface area contributed by atoms with Crippen molar-refractivity contribution in [3.63, 3.8) is 0 Å². The van der Waals surface area contributed by atoms with Crippen LogP contribution in [0.4, 0.5) is 0 Å². The molecule has 3 aromatic rings. The molecular formula is C16H14BrN3O. The number of carbonyl (C=O) groups is 1. The molecule has 1 amide bonds. The van der Waals surface area contributed by atoms with Gasteiger partial charge < -0.3 is 10.3 Å². The highest BCUT2D eigenvalue weighted by Gasteiger charge is 2.13. The van der Waals surface area contributed by atoms with E-state index in [0.29, 0.717) is 5.69 Å². The van der Waals surface area contributed by atoms with E-state index in [4.69, 9.17) is 0 Å². The van der Waals surface area contributed by atoms with E-state index in [9.17, 15) is 4.79 Å². The summed E-state index contributed by atoms with van der Waals surface area (Å²) in [4.78, 5) is 19.4. The first kappa shape index (κ1) is 13.8. The van der Waals surface area contributed by atoms with Crippen LogP contribution in [-0.4, -0.2) is 15.9 Å². The zero-order chi connectivity index (χ0) is 14.8. The van der Waals surface area contributed by atoms with E-state index in [-0.39, 0.29) is 11.9 Å². The fourth-order valence-electron chi connectivity index (χ4n) is 2.24. The van der Waals surface area contributed by atoms with Crippen molar-refractivity contribution in [3.05, 3.63) is 64.5 Å². The largest absolute Gasteiger partial charge is 0.351 e. The van der Waals surface area contributed by atoms with Crippen LogP contribution < -0.4 is 5.32 Å². The first-order valence-corrected chi connectivity index (χ1v) is 7.42. The number of rotatable bonds is 3. The lowest BCUT2D eigenvalue weighted by atomic mass is 10.1. The summed E-state index contributed by atoms with van der Waals surface area (Å²) in [7, 11) is 0. The number of pyridine rings is 1. The second-order valence-corrected chi connectivity index (χ2v) is 5.81. The van der Waals surface area contributed by atoms with Gasteiger partial charge in [0, 0.05) is 27.8 Å². The number of benzene rings is 1. The predicted octanol–water partition coefficient (Wildman–Crippen LogP) is 3.82. The molecule has 0 fully saturated rings. The summed E-state index contributed by atoms with van der Waals surface area (Å²) in [6, 6.07) is 11.4. The number of H-pyrrole nitrogens is 1. The summed E-state index contributed by atoms with van der Waals surface area (Å²) in [5.41, 5.74) is 2.53. The van der Waals surface area contributed by atoms with Crippen LogP contribution in [0, 0.1) is 0 Å². The molecule has 2 aromatic heterocycles. The Balaban J connectivity index is 1.80. The fourth-order valence-corrected chi connectivity index (χ4v) is 2.61. The molecule has 21 heavy (non-hydrogen) atoms. The average Bonchev–Trinajstić information content (AvgIpc) is 2.91. The number of aromatic amines is 1. The van der Waals surface area contributed by atoms with Crippen molar-refractivity contribution in [2.45, 2.75) is 13.0 Å². The van der Waals surface area contributed by atoms with Crippen molar-refractivity contribution < 1.29 is 4.79 Å². The molecule has 0 aliphatic rings. The highest BCUT2D eigenvalue weighted by Crippen LogP contribution is 2.21. The van der Waals surface area contributed by atoms with Crippen molar-refractivity contribution in [1.82, 2.24) is 15.3 Å². The van der Waals surface area contributed by atoms with Gasteiger partial charge in [-0.1, -0.05) is 15.9 Å². The first-order valence-electron chi connectivity index (χ1n) is 6.62. The van der Waals surface area contributed by atoms with Crippen LogP contribution >= 0.6 is 15.9 Å². The predicted molar refractivity (Wildman–Crippen MR) is 86.1 cm³/mol. The van der Waals surface area contributed by atoms with Gasteiger partial charge in [0.05, 0.1) is 6.04 Å². The molecule has 2 N–H and O–H groups in total. The van der Waals surface area contributed by atoms with Gasteiger partial charge >= 0.3 is 0 Å². The van der Waals surface area contributed by atoms with Crippen LogP contribution in [0.25, 0.3) is 10.9 Å². The lowest BCUT2D eigenvalue weighted by molar-refractivity contribution is 0.0935. The van der Waals surface area contributed by atoms with E-state index in [0.717, 1.165) is 20.9 Å². The average molecular weight is 344 g/mol. The minimum Gasteiger partial charge on any atom is -0.351 e. The molecular weight excluding hydrogens is 330 g/mol. The van der Waals surface area contributed by atoms with Gasteiger partial charge in [-0.3, -0.25) is 9.78 Å². The van der Waals surface area contributed by atoms with Gasteiger partial charge in [-0.15, -0.1) is 0 Å². The Bertz CT molecular complexity index is 783. The molecule has 0 aliphatic carbocycles. The molecule has 0 spiro atoms. The Labute approximate surface area is 130 Å². The molecule has 106 valence electrons. The van der Waals surface area contributed by atoms with Crippen molar-refractivity contribution >= 4 is 32.7 Å². The summed E-state index contributed by atoms with van der Waals surface area (Å²) in [5, 5.41) is 3.98. The third kappa shape index (κ3) is 2.97. The van der Waals surface area contributed by atoms with Crippen molar-refractivity contribution in [1.29, 1.82) is 0 Å². The zero-order valence-electron chi connectivity index (χ0n) is 11.4. The highest BCUT2D eigenvalue weighted by molar-refractivity contribution is 9.10. The molecule has 3 rings (SSSR count). The van der Waals surface area contributed by atoms with Crippen molar-refractivity contribution in [3.8, 4) is 0 Å². The molecule has 0 aliphatic heterocycles. The van der Waals surface area contributed by atoms with E-state index < -0.39 is 0 Å². The Kier molecular flexibility index (Phi) is 3.75. The minimum absolute atomic E-state index is 0.0707.